The maximum Gasteiger partial charge on any atom is 0.335 e. The van der Waals surface area contributed by atoms with Crippen molar-refractivity contribution in [3.63, 3.8) is 0 Å². The monoisotopic (exact) mass is 514 g/mol. The average molecular weight is 515 g/mol. The van der Waals surface area contributed by atoms with E-state index in [0.717, 1.165) is 25.7 Å². The van der Waals surface area contributed by atoms with E-state index in [0.29, 0.717) is 44.5 Å². The Balaban J connectivity index is 1.29. The first kappa shape index (κ1) is 29.5. The molecule has 2 aliphatic rings. The number of hydroxylamine groups is 2. The highest BCUT2D eigenvalue weighted by Gasteiger charge is 2.32. The Bertz CT molecular complexity index is 733. The van der Waals surface area contributed by atoms with Crippen LogP contribution < -0.4 is 16.0 Å². The van der Waals surface area contributed by atoms with Crippen LogP contribution in [0.15, 0.2) is 0 Å². The molecule has 2 rings (SSSR count). The molecule has 0 bridgehead atoms. The lowest BCUT2D eigenvalue weighted by Gasteiger charge is -2.13. The molecule has 0 aromatic heterocycles. The van der Waals surface area contributed by atoms with Gasteiger partial charge in [0.25, 0.3) is 11.8 Å². The van der Waals surface area contributed by atoms with Crippen molar-refractivity contribution < 1.29 is 43.0 Å². The number of carbonyl (C=O) groups excluding carboxylic acids is 5. The number of nitrogens with zero attached hydrogens (tertiary/aromatic N) is 1. The number of imide groups is 1. The molecule has 2 heterocycles. The fourth-order valence-corrected chi connectivity index (χ4v) is 3.64. The van der Waals surface area contributed by atoms with Gasteiger partial charge in [-0.15, -0.1) is 5.06 Å². The first-order valence-corrected chi connectivity index (χ1v) is 12.5. The number of unbranched alkanes of at least 4 members (excludes halogenated alkanes) is 2. The molecule has 0 radical (unpaired) electrons. The van der Waals surface area contributed by atoms with Crippen LogP contribution in [-0.2, 0) is 38.2 Å². The highest BCUT2D eigenvalue weighted by molar-refractivity contribution is 6.01. The lowest BCUT2D eigenvalue weighted by atomic mass is 10.0. The van der Waals surface area contributed by atoms with Gasteiger partial charge in [0, 0.05) is 31.8 Å². The van der Waals surface area contributed by atoms with Gasteiger partial charge in [-0.3, -0.25) is 14.4 Å². The Labute approximate surface area is 210 Å². The Kier molecular flexibility index (Phi) is 13.8. The number of urea groups is 1. The summed E-state index contributed by atoms with van der Waals surface area (Å²) in [5, 5.41) is 9.05. The van der Waals surface area contributed by atoms with Crippen molar-refractivity contribution in [2.75, 3.05) is 46.2 Å². The number of ether oxygens (including phenoxy) is 3. The summed E-state index contributed by atoms with van der Waals surface area (Å²) < 4.78 is 16.0. The Morgan fingerprint density at radius 1 is 0.861 bits per heavy atom. The number of amides is 5. The lowest BCUT2D eigenvalue weighted by molar-refractivity contribution is -0.198. The van der Waals surface area contributed by atoms with Gasteiger partial charge in [0.2, 0.25) is 5.91 Å². The molecule has 204 valence electrons. The third kappa shape index (κ3) is 11.8. The molecule has 2 atom stereocenters. The first-order chi connectivity index (χ1) is 17.4. The summed E-state index contributed by atoms with van der Waals surface area (Å²) in [5.74, 6) is -1.74. The maximum atomic E-state index is 11.8. The van der Waals surface area contributed by atoms with Crippen molar-refractivity contribution >= 4 is 29.7 Å². The molecule has 0 aliphatic carbocycles. The van der Waals surface area contributed by atoms with E-state index in [1.165, 1.54) is 0 Å². The van der Waals surface area contributed by atoms with Gasteiger partial charge in [-0.2, -0.15) is 0 Å². The van der Waals surface area contributed by atoms with Crippen LogP contribution in [0.25, 0.3) is 0 Å². The van der Waals surface area contributed by atoms with Crippen LogP contribution in [-0.4, -0.2) is 93.1 Å². The van der Waals surface area contributed by atoms with Gasteiger partial charge in [0.05, 0.1) is 52.1 Å². The summed E-state index contributed by atoms with van der Waals surface area (Å²) in [6, 6.07) is 0.199. The lowest BCUT2D eigenvalue weighted by Crippen LogP contribution is -2.32. The predicted molar refractivity (Wildman–Crippen MR) is 125 cm³/mol. The average Bonchev–Trinajstić information content (AvgIpc) is 3.33. The highest BCUT2D eigenvalue weighted by atomic mass is 16.7. The van der Waals surface area contributed by atoms with E-state index in [-0.39, 0.29) is 56.5 Å². The number of carbonyl (C=O) groups is 5. The van der Waals surface area contributed by atoms with Crippen LogP contribution in [0, 0.1) is 0 Å². The summed E-state index contributed by atoms with van der Waals surface area (Å²) in [4.78, 5) is 62.1. The predicted octanol–water partition coefficient (Wildman–Crippen LogP) is 0.170. The van der Waals surface area contributed by atoms with Gasteiger partial charge >= 0.3 is 12.0 Å². The third-order valence-corrected chi connectivity index (χ3v) is 5.66. The van der Waals surface area contributed by atoms with E-state index in [1.807, 2.05) is 6.92 Å². The van der Waals surface area contributed by atoms with E-state index in [1.54, 1.807) is 0 Å². The van der Waals surface area contributed by atoms with Gasteiger partial charge in [0.1, 0.15) is 0 Å². The maximum absolute atomic E-state index is 11.8. The number of hydrogen-bond donors (Lipinski definition) is 3. The van der Waals surface area contributed by atoms with E-state index in [4.69, 9.17) is 19.0 Å². The Hall–Kier alpha value is -2.77. The topological polar surface area (TPSA) is 162 Å². The molecule has 36 heavy (non-hydrogen) atoms. The van der Waals surface area contributed by atoms with Crippen molar-refractivity contribution in [3.8, 4) is 0 Å². The Morgan fingerprint density at radius 3 is 2.14 bits per heavy atom. The minimum Gasteiger partial charge on any atom is -0.378 e. The third-order valence-electron chi connectivity index (χ3n) is 5.66. The molecule has 13 nitrogen and oxygen atoms in total. The summed E-state index contributed by atoms with van der Waals surface area (Å²) >= 11 is 0. The zero-order valence-corrected chi connectivity index (χ0v) is 20.9. The van der Waals surface area contributed by atoms with Gasteiger partial charge < -0.3 is 35.0 Å². The fourth-order valence-electron chi connectivity index (χ4n) is 3.64. The van der Waals surface area contributed by atoms with Crippen molar-refractivity contribution in [3.05, 3.63) is 0 Å². The second-order valence-electron chi connectivity index (χ2n) is 8.59. The van der Waals surface area contributed by atoms with Crippen LogP contribution in [0.4, 0.5) is 4.79 Å². The molecule has 5 amide bonds. The van der Waals surface area contributed by atoms with E-state index < -0.39 is 17.8 Å². The minimum absolute atomic E-state index is 0.00119. The highest BCUT2D eigenvalue weighted by Crippen LogP contribution is 2.13. The second-order valence-corrected chi connectivity index (χ2v) is 8.59. The largest absolute Gasteiger partial charge is 0.378 e. The normalized spacial score (nSPS) is 19.4. The Morgan fingerprint density at radius 2 is 1.50 bits per heavy atom. The molecular weight excluding hydrogens is 476 g/mol. The van der Waals surface area contributed by atoms with Crippen molar-refractivity contribution in [1.82, 2.24) is 21.0 Å². The molecule has 13 heteroatoms. The standard InChI is InChI=1S/C23H38N4O9/c1-17-18(26-23(32)25-17)5-3-2-4-6-19(28)24-10-12-34-14-16-35-15-13-33-11-9-22(31)36-27-20(29)7-8-21(27)30/h17-18H,2-16H2,1H3,(H,24,28)(H2,25,26,32)/t17-,18+/m0/s1. The molecule has 0 saturated carbocycles. The van der Waals surface area contributed by atoms with Crippen molar-refractivity contribution in [2.24, 2.45) is 0 Å². The number of rotatable bonds is 19. The molecule has 0 aromatic rings. The molecule has 0 unspecified atom stereocenters. The van der Waals surface area contributed by atoms with Crippen LogP contribution in [0.3, 0.4) is 0 Å². The van der Waals surface area contributed by atoms with Gasteiger partial charge in [-0.05, 0) is 19.8 Å². The van der Waals surface area contributed by atoms with E-state index in [9.17, 15) is 24.0 Å². The zero-order chi connectivity index (χ0) is 26.2. The SMILES string of the molecule is C[C@@H]1NC(=O)N[C@@H]1CCCCCC(=O)NCCOCCOCCOCCC(=O)ON1C(=O)CCC1=O. The van der Waals surface area contributed by atoms with Crippen LogP contribution in [0.1, 0.15) is 58.3 Å². The molecule has 0 aromatic carbocycles. The van der Waals surface area contributed by atoms with Gasteiger partial charge in [-0.25, -0.2) is 9.59 Å². The molecule has 0 spiro atoms. The second kappa shape index (κ2) is 16.8. The summed E-state index contributed by atoms with van der Waals surface area (Å²) in [7, 11) is 0. The fraction of sp³-hybridized carbons (Fsp3) is 0.783. The number of nitrogens with one attached hydrogen (secondary N) is 3. The summed E-state index contributed by atoms with van der Waals surface area (Å²) in [5.41, 5.74) is 0. The van der Waals surface area contributed by atoms with Crippen molar-refractivity contribution in [2.45, 2.75) is 70.4 Å². The molecule has 2 saturated heterocycles. The van der Waals surface area contributed by atoms with Gasteiger partial charge in [-0.1, -0.05) is 12.8 Å². The molecule has 2 aliphatic heterocycles. The smallest absolute Gasteiger partial charge is 0.335 e. The summed E-state index contributed by atoms with van der Waals surface area (Å²) in [6.45, 7) is 4.24. The zero-order valence-electron chi connectivity index (χ0n) is 20.9. The van der Waals surface area contributed by atoms with Gasteiger partial charge in [0.15, 0.2) is 0 Å². The van der Waals surface area contributed by atoms with E-state index in [2.05, 4.69) is 16.0 Å². The molecular formula is C23H38N4O9. The van der Waals surface area contributed by atoms with Crippen LogP contribution >= 0.6 is 0 Å². The van der Waals surface area contributed by atoms with Crippen LogP contribution in [0.5, 0.6) is 0 Å². The minimum atomic E-state index is -0.706. The quantitative estimate of drug-likeness (QED) is 0.161. The number of hydrogen-bond acceptors (Lipinski definition) is 9. The summed E-state index contributed by atoms with van der Waals surface area (Å²) in [6.07, 6.45) is 4.13. The first-order valence-electron chi connectivity index (χ1n) is 12.5. The van der Waals surface area contributed by atoms with E-state index >= 15 is 0 Å². The van der Waals surface area contributed by atoms with Crippen molar-refractivity contribution in [1.29, 1.82) is 0 Å². The van der Waals surface area contributed by atoms with Crippen LogP contribution in [0.2, 0.25) is 0 Å². The molecule has 3 N–H and O–H groups in total. The molecule has 2 fully saturated rings.